The first kappa shape index (κ1) is 12.2. The molecule has 0 radical (unpaired) electrons. The quantitative estimate of drug-likeness (QED) is 0.669. The summed E-state index contributed by atoms with van der Waals surface area (Å²) in [5, 5.41) is 10.6. The van der Waals surface area contributed by atoms with Gasteiger partial charge in [0.2, 0.25) is 0 Å². The zero-order valence-corrected chi connectivity index (χ0v) is 11.0. The lowest BCUT2D eigenvalue weighted by molar-refractivity contribution is -0.0208. The van der Waals surface area contributed by atoms with Crippen molar-refractivity contribution >= 4 is 0 Å². The van der Waals surface area contributed by atoms with Crippen LogP contribution < -0.4 is 0 Å². The van der Waals surface area contributed by atoms with Crippen LogP contribution >= 0.6 is 0 Å². The lowest BCUT2D eigenvalue weighted by Gasteiger charge is -2.33. The molecule has 2 aliphatic rings. The van der Waals surface area contributed by atoms with E-state index in [0.717, 1.165) is 24.7 Å². The van der Waals surface area contributed by atoms with Gasteiger partial charge >= 0.3 is 0 Å². The Kier molecular flexibility index (Phi) is 3.18. The smallest absolute Gasteiger partial charge is 0.0650 e. The molecule has 2 rings (SSSR count). The maximum Gasteiger partial charge on any atom is 0.0650 e. The van der Waals surface area contributed by atoms with Gasteiger partial charge in [0.05, 0.1) is 5.60 Å². The Balaban J connectivity index is 2.21. The lowest BCUT2D eigenvalue weighted by atomic mass is 9.77. The molecular weight excluding hydrogens is 196 g/mol. The lowest BCUT2D eigenvalue weighted by Crippen LogP contribution is -2.36. The molecular formula is C15H26O. The Morgan fingerprint density at radius 2 is 2.00 bits per heavy atom. The van der Waals surface area contributed by atoms with Gasteiger partial charge in [0.15, 0.2) is 0 Å². The largest absolute Gasteiger partial charge is 0.390 e. The van der Waals surface area contributed by atoms with E-state index >= 15 is 0 Å². The van der Waals surface area contributed by atoms with Crippen LogP contribution in [0.5, 0.6) is 0 Å². The van der Waals surface area contributed by atoms with E-state index in [1.54, 1.807) is 0 Å². The van der Waals surface area contributed by atoms with Gasteiger partial charge in [0, 0.05) is 0 Å². The van der Waals surface area contributed by atoms with E-state index in [1.165, 1.54) is 24.8 Å². The minimum Gasteiger partial charge on any atom is -0.390 e. The highest BCUT2D eigenvalue weighted by atomic mass is 16.3. The number of hydrogen-bond donors (Lipinski definition) is 1. The minimum absolute atomic E-state index is 0.431. The fourth-order valence-electron chi connectivity index (χ4n) is 3.98. The third-order valence-electron chi connectivity index (χ3n) is 5.23. The van der Waals surface area contributed by atoms with Crippen molar-refractivity contribution in [2.24, 2.45) is 23.7 Å². The summed E-state index contributed by atoms with van der Waals surface area (Å²) in [7, 11) is 0. The number of allylic oxidation sites excluding steroid dienone is 1. The average molecular weight is 222 g/mol. The van der Waals surface area contributed by atoms with Gasteiger partial charge in [-0.05, 0) is 63.2 Å². The second-order valence-corrected chi connectivity index (χ2v) is 6.50. The first-order valence-corrected chi connectivity index (χ1v) is 6.79. The predicted octanol–water partition coefficient (Wildman–Crippen LogP) is 3.78. The van der Waals surface area contributed by atoms with E-state index in [4.69, 9.17) is 0 Å². The van der Waals surface area contributed by atoms with Crippen LogP contribution in [0.2, 0.25) is 0 Å². The number of fused-ring (bicyclic) bond motifs is 1. The van der Waals surface area contributed by atoms with Crippen molar-refractivity contribution in [3.63, 3.8) is 0 Å². The van der Waals surface area contributed by atoms with Crippen LogP contribution in [-0.2, 0) is 0 Å². The van der Waals surface area contributed by atoms with Gasteiger partial charge < -0.3 is 5.11 Å². The van der Waals surface area contributed by atoms with Crippen LogP contribution in [-0.4, -0.2) is 10.7 Å². The maximum absolute atomic E-state index is 10.6. The normalized spacial score (nSPS) is 48.5. The summed E-state index contributed by atoms with van der Waals surface area (Å²) in [5.41, 5.74) is 0.884. The molecule has 5 atom stereocenters. The summed E-state index contributed by atoms with van der Waals surface area (Å²) in [6.07, 6.45) is 5.87. The van der Waals surface area contributed by atoms with Crippen molar-refractivity contribution in [2.75, 3.05) is 0 Å². The monoisotopic (exact) mass is 222 g/mol. The van der Waals surface area contributed by atoms with Gasteiger partial charge in [0.25, 0.3) is 0 Å². The number of rotatable bonds is 1. The highest BCUT2D eigenvalue weighted by Gasteiger charge is 2.46. The SMILES string of the molecule is C=C(C)[C@@H]1CC[C@@](C)(O)[C@H]2CC[C@H](C)[C@@H]2C1. The standard InChI is InChI=1S/C15H26O/c1-10(2)12-7-8-15(4,16)14-6-5-11(3)13(14)9-12/h11-14,16H,1,5-9H2,2-4H3/t11-,12+,13-,14-,15+/m0/s1. The van der Waals surface area contributed by atoms with E-state index in [0.29, 0.717) is 11.8 Å². The molecule has 2 saturated carbocycles. The van der Waals surface area contributed by atoms with Crippen LogP contribution in [0.3, 0.4) is 0 Å². The Labute approximate surface area is 99.9 Å². The van der Waals surface area contributed by atoms with E-state index in [1.807, 2.05) is 0 Å². The van der Waals surface area contributed by atoms with Crippen molar-refractivity contribution < 1.29 is 5.11 Å². The third kappa shape index (κ3) is 2.07. The molecule has 0 spiro atoms. The van der Waals surface area contributed by atoms with Gasteiger partial charge in [-0.3, -0.25) is 0 Å². The van der Waals surface area contributed by atoms with E-state index in [9.17, 15) is 5.11 Å². The van der Waals surface area contributed by atoms with Crippen LogP contribution in [0, 0.1) is 23.7 Å². The Hall–Kier alpha value is -0.300. The van der Waals surface area contributed by atoms with Crippen molar-refractivity contribution in [1.29, 1.82) is 0 Å². The van der Waals surface area contributed by atoms with E-state index in [2.05, 4.69) is 27.4 Å². The predicted molar refractivity (Wildman–Crippen MR) is 68.2 cm³/mol. The van der Waals surface area contributed by atoms with E-state index in [-0.39, 0.29) is 0 Å². The molecule has 16 heavy (non-hydrogen) atoms. The summed E-state index contributed by atoms with van der Waals surface area (Å²) < 4.78 is 0. The molecule has 1 N–H and O–H groups in total. The van der Waals surface area contributed by atoms with Gasteiger partial charge in [0.1, 0.15) is 0 Å². The van der Waals surface area contributed by atoms with Crippen molar-refractivity contribution in [1.82, 2.24) is 0 Å². The van der Waals surface area contributed by atoms with Crippen LogP contribution in [0.1, 0.15) is 52.9 Å². The molecule has 0 aromatic carbocycles. The molecule has 1 nitrogen and oxygen atoms in total. The molecule has 0 heterocycles. The molecule has 2 fully saturated rings. The summed E-state index contributed by atoms with van der Waals surface area (Å²) in [6.45, 7) is 10.7. The first-order valence-electron chi connectivity index (χ1n) is 6.79. The van der Waals surface area contributed by atoms with Crippen LogP contribution in [0.15, 0.2) is 12.2 Å². The Morgan fingerprint density at radius 1 is 1.31 bits per heavy atom. The molecule has 0 amide bonds. The Bertz CT molecular complexity index is 279. The number of hydrogen-bond acceptors (Lipinski definition) is 1. The summed E-state index contributed by atoms with van der Waals surface area (Å²) >= 11 is 0. The molecule has 2 aliphatic carbocycles. The fraction of sp³-hybridized carbons (Fsp3) is 0.867. The molecule has 0 aromatic rings. The molecule has 0 unspecified atom stereocenters. The molecule has 1 heteroatoms. The fourth-order valence-corrected chi connectivity index (χ4v) is 3.98. The van der Waals surface area contributed by atoms with Crippen molar-refractivity contribution in [3.05, 3.63) is 12.2 Å². The average Bonchev–Trinajstić information content (AvgIpc) is 2.47. The summed E-state index contributed by atoms with van der Waals surface area (Å²) in [6, 6.07) is 0. The topological polar surface area (TPSA) is 20.2 Å². The van der Waals surface area contributed by atoms with Crippen molar-refractivity contribution in [2.45, 2.75) is 58.5 Å². The highest BCUT2D eigenvalue weighted by Crippen LogP contribution is 2.50. The molecule has 0 bridgehead atoms. The van der Waals surface area contributed by atoms with Crippen LogP contribution in [0.25, 0.3) is 0 Å². The van der Waals surface area contributed by atoms with Crippen molar-refractivity contribution in [3.8, 4) is 0 Å². The number of aliphatic hydroxyl groups is 1. The summed E-state index contributed by atoms with van der Waals surface area (Å²) in [4.78, 5) is 0. The zero-order valence-electron chi connectivity index (χ0n) is 11.0. The second kappa shape index (κ2) is 4.18. The maximum atomic E-state index is 10.6. The first-order chi connectivity index (χ1) is 7.42. The second-order valence-electron chi connectivity index (χ2n) is 6.50. The molecule has 0 saturated heterocycles. The van der Waals surface area contributed by atoms with Crippen LogP contribution in [0.4, 0.5) is 0 Å². The van der Waals surface area contributed by atoms with Gasteiger partial charge in [-0.25, -0.2) is 0 Å². The molecule has 0 aromatic heterocycles. The van der Waals surface area contributed by atoms with E-state index < -0.39 is 5.60 Å². The molecule has 0 aliphatic heterocycles. The molecule has 92 valence electrons. The summed E-state index contributed by atoms with van der Waals surface area (Å²) in [5.74, 6) is 2.68. The third-order valence-corrected chi connectivity index (χ3v) is 5.23. The van der Waals surface area contributed by atoms with Gasteiger partial charge in [-0.15, -0.1) is 0 Å². The van der Waals surface area contributed by atoms with Gasteiger partial charge in [-0.2, -0.15) is 0 Å². The Morgan fingerprint density at radius 3 is 2.62 bits per heavy atom. The highest BCUT2D eigenvalue weighted by molar-refractivity contribution is 5.04. The van der Waals surface area contributed by atoms with Gasteiger partial charge in [-0.1, -0.05) is 25.5 Å². The zero-order chi connectivity index (χ0) is 11.9. The minimum atomic E-state index is -0.431.